The predicted octanol–water partition coefficient (Wildman–Crippen LogP) is 3.69. The molecule has 0 aliphatic carbocycles. The van der Waals surface area contributed by atoms with E-state index in [1.807, 2.05) is 13.8 Å². The number of Topliss-reactive ketones (excluding diaryl/α,β-unsaturated/α-hetero) is 1. The molecule has 6 heteroatoms. The van der Waals surface area contributed by atoms with E-state index in [2.05, 4.69) is 5.10 Å². The first-order valence-corrected chi connectivity index (χ1v) is 6.91. The van der Waals surface area contributed by atoms with Crippen molar-refractivity contribution in [3.63, 3.8) is 0 Å². The van der Waals surface area contributed by atoms with Crippen molar-refractivity contribution < 1.29 is 13.9 Å². The molecule has 1 heterocycles. The van der Waals surface area contributed by atoms with Crippen LogP contribution in [0.5, 0.6) is 5.75 Å². The Morgan fingerprint density at radius 1 is 1.48 bits per heavy atom. The second-order valence-corrected chi connectivity index (χ2v) is 5.32. The minimum atomic E-state index is -0.568. The van der Waals surface area contributed by atoms with Crippen LogP contribution in [-0.4, -0.2) is 22.7 Å². The number of aromatic nitrogens is 2. The highest BCUT2D eigenvalue weighted by molar-refractivity contribution is 6.30. The van der Waals surface area contributed by atoms with Crippen LogP contribution < -0.4 is 4.74 Å². The fraction of sp³-hybridized carbons (Fsp3) is 0.333. The number of ketones is 1. The topological polar surface area (TPSA) is 44.1 Å². The van der Waals surface area contributed by atoms with E-state index in [4.69, 9.17) is 16.3 Å². The normalized spacial score (nSPS) is 11.0. The molecule has 0 N–H and O–H groups in total. The van der Waals surface area contributed by atoms with E-state index in [9.17, 15) is 9.18 Å². The highest BCUT2D eigenvalue weighted by Crippen LogP contribution is 2.24. The molecule has 2 rings (SSSR count). The first-order chi connectivity index (χ1) is 9.95. The molecule has 2 aromatic rings. The average molecular weight is 311 g/mol. The number of nitrogens with zero attached hydrogens (tertiary/aromatic N) is 2. The lowest BCUT2D eigenvalue weighted by Crippen LogP contribution is -2.15. The van der Waals surface area contributed by atoms with E-state index in [1.165, 1.54) is 19.4 Å². The molecule has 0 aliphatic rings. The highest BCUT2D eigenvalue weighted by atomic mass is 35.5. The van der Waals surface area contributed by atoms with Crippen LogP contribution in [0.1, 0.15) is 35.9 Å². The zero-order chi connectivity index (χ0) is 15.6. The monoisotopic (exact) mass is 310 g/mol. The van der Waals surface area contributed by atoms with Crippen molar-refractivity contribution in [2.45, 2.75) is 26.3 Å². The minimum Gasteiger partial charge on any atom is -0.493 e. The number of benzene rings is 1. The van der Waals surface area contributed by atoms with Crippen LogP contribution in [0, 0.1) is 5.82 Å². The highest BCUT2D eigenvalue weighted by Gasteiger charge is 2.22. The Morgan fingerprint density at radius 2 is 2.19 bits per heavy atom. The molecule has 0 unspecified atom stereocenters. The van der Waals surface area contributed by atoms with Crippen molar-refractivity contribution in [3.05, 3.63) is 46.5 Å². The lowest BCUT2D eigenvalue weighted by molar-refractivity contribution is 0.0976. The molecule has 1 aromatic heterocycles. The van der Waals surface area contributed by atoms with Gasteiger partial charge in [0.15, 0.2) is 11.5 Å². The molecule has 0 saturated heterocycles. The molecule has 0 radical (unpaired) electrons. The van der Waals surface area contributed by atoms with E-state index in [1.54, 1.807) is 16.8 Å². The number of carbonyl (C=O) groups is 1. The van der Waals surface area contributed by atoms with Crippen molar-refractivity contribution in [2.75, 3.05) is 7.11 Å². The second kappa shape index (κ2) is 6.26. The molecule has 0 aliphatic heterocycles. The van der Waals surface area contributed by atoms with Gasteiger partial charge in [-0.3, -0.25) is 9.48 Å². The van der Waals surface area contributed by atoms with Crippen molar-refractivity contribution in [1.82, 2.24) is 9.78 Å². The van der Waals surface area contributed by atoms with Crippen molar-refractivity contribution in [2.24, 2.45) is 0 Å². The number of methoxy groups -OCH3 is 1. The zero-order valence-electron chi connectivity index (χ0n) is 12.1. The summed E-state index contributed by atoms with van der Waals surface area (Å²) < 4.78 is 20.6. The third-order valence-corrected chi connectivity index (χ3v) is 3.41. The van der Waals surface area contributed by atoms with E-state index in [0.29, 0.717) is 11.4 Å². The molecular formula is C15H16ClFN2O2. The summed E-state index contributed by atoms with van der Waals surface area (Å²) in [4.78, 5) is 12.5. The van der Waals surface area contributed by atoms with Crippen molar-refractivity contribution in [1.29, 1.82) is 0 Å². The fourth-order valence-corrected chi connectivity index (χ4v) is 2.29. The van der Waals surface area contributed by atoms with E-state index >= 15 is 0 Å². The number of hydrogen-bond acceptors (Lipinski definition) is 3. The van der Waals surface area contributed by atoms with Crippen LogP contribution in [0.3, 0.4) is 0 Å². The van der Waals surface area contributed by atoms with Gasteiger partial charge in [0.25, 0.3) is 0 Å². The van der Waals surface area contributed by atoms with Crippen LogP contribution in [0.2, 0.25) is 5.02 Å². The lowest BCUT2D eigenvalue weighted by Gasteiger charge is -2.11. The summed E-state index contributed by atoms with van der Waals surface area (Å²) in [5.74, 6) is -0.447. The maximum atomic E-state index is 13.9. The summed E-state index contributed by atoms with van der Waals surface area (Å²) in [7, 11) is 1.47. The van der Waals surface area contributed by atoms with E-state index in [0.717, 1.165) is 0 Å². The van der Waals surface area contributed by atoms with Gasteiger partial charge in [0.1, 0.15) is 11.5 Å². The van der Waals surface area contributed by atoms with Crippen LogP contribution in [-0.2, 0) is 6.42 Å². The standard InChI is InChI=1S/C15H16ClFN2O2/c1-9(2)19-15(13(21-3)8-18-19)12(20)7-10-5-4-6-11(16)14(10)17/h4-6,8-9H,7H2,1-3H3. The molecule has 0 bridgehead atoms. The molecule has 112 valence electrons. The Labute approximate surface area is 127 Å². The van der Waals surface area contributed by atoms with Crippen LogP contribution in [0.25, 0.3) is 0 Å². The van der Waals surface area contributed by atoms with Crippen molar-refractivity contribution >= 4 is 17.4 Å². The first-order valence-electron chi connectivity index (χ1n) is 6.53. The molecule has 0 atom stereocenters. The molecule has 0 saturated carbocycles. The van der Waals surface area contributed by atoms with Gasteiger partial charge < -0.3 is 4.74 Å². The Bertz CT molecular complexity index is 668. The Morgan fingerprint density at radius 3 is 2.81 bits per heavy atom. The third kappa shape index (κ3) is 3.08. The number of carbonyl (C=O) groups excluding carboxylic acids is 1. The Kier molecular flexibility index (Phi) is 4.63. The SMILES string of the molecule is COc1cnn(C(C)C)c1C(=O)Cc1cccc(Cl)c1F. The second-order valence-electron chi connectivity index (χ2n) is 4.91. The van der Waals surface area contributed by atoms with Gasteiger partial charge in [-0.2, -0.15) is 5.10 Å². The summed E-state index contributed by atoms with van der Waals surface area (Å²) in [6, 6.07) is 4.60. The third-order valence-electron chi connectivity index (χ3n) is 3.12. The predicted molar refractivity (Wildman–Crippen MR) is 78.6 cm³/mol. The summed E-state index contributed by atoms with van der Waals surface area (Å²) in [5, 5.41) is 4.14. The van der Waals surface area contributed by atoms with Gasteiger partial charge in [0.2, 0.25) is 0 Å². The van der Waals surface area contributed by atoms with Gasteiger partial charge in [0, 0.05) is 12.5 Å². The van der Waals surface area contributed by atoms with Gasteiger partial charge in [0.05, 0.1) is 18.3 Å². The molecular weight excluding hydrogens is 295 g/mol. The summed E-state index contributed by atoms with van der Waals surface area (Å²) in [6.45, 7) is 3.81. The molecule has 0 spiro atoms. The van der Waals surface area contributed by atoms with Gasteiger partial charge in [-0.1, -0.05) is 23.7 Å². The summed E-state index contributed by atoms with van der Waals surface area (Å²) in [5.41, 5.74) is 0.595. The molecule has 1 aromatic carbocycles. The Balaban J connectivity index is 2.36. The number of hydrogen-bond donors (Lipinski definition) is 0. The zero-order valence-corrected chi connectivity index (χ0v) is 12.8. The number of rotatable bonds is 5. The molecule has 21 heavy (non-hydrogen) atoms. The van der Waals surface area contributed by atoms with Crippen LogP contribution >= 0.6 is 11.6 Å². The van der Waals surface area contributed by atoms with Crippen LogP contribution in [0.4, 0.5) is 4.39 Å². The summed E-state index contributed by atoms with van der Waals surface area (Å²) in [6.07, 6.45) is 1.39. The van der Waals surface area contributed by atoms with Crippen molar-refractivity contribution in [3.8, 4) is 5.75 Å². The fourth-order valence-electron chi connectivity index (χ4n) is 2.09. The smallest absolute Gasteiger partial charge is 0.189 e. The quantitative estimate of drug-likeness (QED) is 0.791. The summed E-state index contributed by atoms with van der Waals surface area (Å²) >= 11 is 5.73. The Hall–Kier alpha value is -1.88. The molecule has 0 fully saturated rings. The minimum absolute atomic E-state index is 0.00272. The van der Waals surface area contributed by atoms with Gasteiger partial charge in [-0.05, 0) is 25.5 Å². The van der Waals surface area contributed by atoms with Gasteiger partial charge >= 0.3 is 0 Å². The van der Waals surface area contributed by atoms with Gasteiger partial charge in [-0.25, -0.2) is 4.39 Å². The average Bonchev–Trinajstić information content (AvgIpc) is 2.88. The lowest BCUT2D eigenvalue weighted by atomic mass is 10.1. The first kappa shape index (κ1) is 15.5. The number of ether oxygens (including phenoxy) is 1. The largest absolute Gasteiger partial charge is 0.493 e. The van der Waals surface area contributed by atoms with E-state index < -0.39 is 5.82 Å². The molecule has 4 nitrogen and oxygen atoms in total. The maximum absolute atomic E-state index is 13.9. The maximum Gasteiger partial charge on any atom is 0.189 e. The molecule has 0 amide bonds. The van der Waals surface area contributed by atoms with Crippen LogP contribution in [0.15, 0.2) is 24.4 Å². The van der Waals surface area contributed by atoms with E-state index in [-0.39, 0.29) is 28.8 Å². The number of halogens is 2. The van der Waals surface area contributed by atoms with Gasteiger partial charge in [-0.15, -0.1) is 0 Å².